The number of aryl methyl sites for hydroxylation is 1. The van der Waals surface area contributed by atoms with E-state index in [0.717, 1.165) is 25.8 Å². The summed E-state index contributed by atoms with van der Waals surface area (Å²) < 4.78 is 1.76. The fourth-order valence-corrected chi connectivity index (χ4v) is 1.23. The molecule has 0 spiro atoms. The van der Waals surface area contributed by atoms with Gasteiger partial charge in [-0.3, -0.25) is 0 Å². The number of anilines is 1. The Kier molecular flexibility index (Phi) is 3.95. The normalized spacial score (nSPS) is 10.0. The van der Waals surface area contributed by atoms with Gasteiger partial charge >= 0.3 is 0 Å². The fourth-order valence-electron chi connectivity index (χ4n) is 1.23. The van der Waals surface area contributed by atoms with E-state index in [-0.39, 0.29) is 12.3 Å². The lowest BCUT2D eigenvalue weighted by Crippen LogP contribution is -2.02. The van der Waals surface area contributed by atoms with Crippen molar-refractivity contribution in [2.45, 2.75) is 25.8 Å². The highest BCUT2D eigenvalue weighted by atomic mass is 16.2. The number of rotatable bonds is 5. The first kappa shape index (κ1) is 10.5. The average Bonchev–Trinajstić information content (AvgIpc) is 2.55. The number of nitrogen functional groups attached to an aromatic ring is 1. The summed E-state index contributed by atoms with van der Waals surface area (Å²) >= 11 is 0. The Morgan fingerprint density at radius 1 is 1.50 bits per heavy atom. The molecule has 0 amide bonds. The lowest BCUT2D eigenvalue weighted by Gasteiger charge is -2.03. The van der Waals surface area contributed by atoms with Crippen LogP contribution in [0.4, 0.5) is 5.82 Å². The maximum atomic E-state index is 8.60. The summed E-state index contributed by atoms with van der Waals surface area (Å²) in [6, 6.07) is 1.92. The molecule has 0 saturated carbocycles. The summed E-state index contributed by atoms with van der Waals surface area (Å²) in [7, 11) is 0. The van der Waals surface area contributed by atoms with Gasteiger partial charge in [-0.25, -0.2) is 4.98 Å². The lowest BCUT2D eigenvalue weighted by molar-refractivity contribution is 0.282. The van der Waals surface area contributed by atoms with Crippen molar-refractivity contribution in [3.8, 4) is 6.07 Å². The zero-order valence-electron chi connectivity index (χ0n) is 7.98. The van der Waals surface area contributed by atoms with Gasteiger partial charge in [0.05, 0.1) is 6.33 Å². The molecule has 1 rings (SSSR count). The average molecular weight is 194 g/mol. The van der Waals surface area contributed by atoms with Gasteiger partial charge in [0.15, 0.2) is 5.69 Å². The molecule has 0 aromatic carbocycles. The second-order valence-electron chi connectivity index (χ2n) is 3.07. The van der Waals surface area contributed by atoms with Crippen LogP contribution in [0.25, 0.3) is 0 Å². The number of nitrogens with two attached hydrogens (primary N) is 1. The molecule has 1 aromatic heterocycles. The Hall–Kier alpha value is -1.54. The maximum Gasteiger partial charge on any atom is 0.182 e. The van der Waals surface area contributed by atoms with Crippen molar-refractivity contribution in [3.05, 3.63) is 12.0 Å². The molecule has 0 radical (unpaired) electrons. The highest BCUT2D eigenvalue weighted by Gasteiger charge is 2.05. The molecule has 0 aliphatic carbocycles. The second-order valence-corrected chi connectivity index (χ2v) is 3.07. The molecule has 14 heavy (non-hydrogen) atoms. The topological polar surface area (TPSA) is 87.9 Å². The quantitative estimate of drug-likeness (QED) is 0.668. The molecule has 0 aliphatic heterocycles. The van der Waals surface area contributed by atoms with Crippen molar-refractivity contribution in [1.29, 1.82) is 5.26 Å². The van der Waals surface area contributed by atoms with E-state index >= 15 is 0 Å². The molecule has 0 atom stereocenters. The van der Waals surface area contributed by atoms with Crippen molar-refractivity contribution in [1.82, 2.24) is 9.55 Å². The first-order valence-corrected chi connectivity index (χ1v) is 4.61. The Morgan fingerprint density at radius 2 is 2.29 bits per heavy atom. The third-order valence-corrected chi connectivity index (χ3v) is 2.04. The number of nitrogens with zero attached hydrogens (tertiary/aromatic N) is 3. The number of hydrogen-bond acceptors (Lipinski definition) is 4. The molecule has 0 fully saturated rings. The third-order valence-electron chi connectivity index (χ3n) is 2.04. The van der Waals surface area contributed by atoms with Crippen molar-refractivity contribution in [2.24, 2.45) is 0 Å². The molecule has 0 unspecified atom stereocenters. The van der Waals surface area contributed by atoms with Gasteiger partial charge in [0.1, 0.15) is 11.9 Å². The first-order valence-electron chi connectivity index (χ1n) is 4.61. The van der Waals surface area contributed by atoms with Crippen molar-refractivity contribution < 1.29 is 5.11 Å². The van der Waals surface area contributed by atoms with E-state index in [0.29, 0.717) is 5.82 Å². The molecule has 0 aliphatic rings. The largest absolute Gasteiger partial charge is 0.396 e. The number of aliphatic hydroxyl groups is 1. The van der Waals surface area contributed by atoms with E-state index in [1.807, 2.05) is 6.07 Å². The molecular weight excluding hydrogens is 180 g/mol. The Labute approximate surface area is 82.8 Å². The maximum absolute atomic E-state index is 8.60. The number of aliphatic hydroxyl groups excluding tert-OH is 1. The van der Waals surface area contributed by atoms with E-state index in [1.165, 1.54) is 0 Å². The van der Waals surface area contributed by atoms with Crippen LogP contribution in [0.5, 0.6) is 0 Å². The van der Waals surface area contributed by atoms with Gasteiger partial charge in [-0.15, -0.1) is 0 Å². The van der Waals surface area contributed by atoms with Crippen LogP contribution in [-0.2, 0) is 6.54 Å². The number of hydrogen-bond donors (Lipinski definition) is 2. The van der Waals surface area contributed by atoms with Crippen LogP contribution in [0.2, 0.25) is 0 Å². The molecular formula is C9H14N4O. The van der Waals surface area contributed by atoms with E-state index in [9.17, 15) is 0 Å². The molecule has 5 nitrogen and oxygen atoms in total. The van der Waals surface area contributed by atoms with Crippen LogP contribution in [0.15, 0.2) is 6.33 Å². The summed E-state index contributed by atoms with van der Waals surface area (Å²) in [5, 5.41) is 17.2. The van der Waals surface area contributed by atoms with Gasteiger partial charge in [0.25, 0.3) is 0 Å². The van der Waals surface area contributed by atoms with Gasteiger partial charge < -0.3 is 15.4 Å². The highest BCUT2D eigenvalue weighted by molar-refractivity contribution is 5.44. The summed E-state index contributed by atoms with van der Waals surface area (Å²) in [4.78, 5) is 3.86. The van der Waals surface area contributed by atoms with Gasteiger partial charge in [-0.05, 0) is 19.3 Å². The minimum absolute atomic E-state index is 0.225. The summed E-state index contributed by atoms with van der Waals surface area (Å²) in [5.74, 6) is 0.427. The molecule has 1 aromatic rings. The zero-order chi connectivity index (χ0) is 10.4. The monoisotopic (exact) mass is 194 g/mol. The van der Waals surface area contributed by atoms with Gasteiger partial charge in [0, 0.05) is 13.2 Å². The van der Waals surface area contributed by atoms with Crippen LogP contribution >= 0.6 is 0 Å². The Balaban J connectivity index is 2.44. The van der Waals surface area contributed by atoms with E-state index < -0.39 is 0 Å². The number of nitriles is 1. The number of unbranched alkanes of at least 4 members (excludes halogenated alkanes) is 2. The van der Waals surface area contributed by atoms with Crippen LogP contribution < -0.4 is 5.73 Å². The summed E-state index contributed by atoms with van der Waals surface area (Å²) in [6.07, 6.45) is 4.27. The van der Waals surface area contributed by atoms with Crippen molar-refractivity contribution >= 4 is 5.82 Å². The minimum atomic E-state index is 0.225. The standard InChI is InChI=1S/C9H14N4O/c10-6-8-9(11)13(7-12-8)4-2-1-3-5-14/h7,14H,1-5,11H2. The Bertz CT molecular complexity index is 326. The van der Waals surface area contributed by atoms with Crippen LogP contribution in [-0.4, -0.2) is 21.3 Å². The molecule has 0 bridgehead atoms. The smallest absolute Gasteiger partial charge is 0.182 e. The van der Waals surface area contributed by atoms with Gasteiger partial charge in [0.2, 0.25) is 0 Å². The molecule has 76 valence electrons. The molecule has 0 saturated heterocycles. The van der Waals surface area contributed by atoms with Crippen molar-refractivity contribution in [3.63, 3.8) is 0 Å². The molecule has 3 N–H and O–H groups in total. The van der Waals surface area contributed by atoms with Crippen LogP contribution in [0, 0.1) is 11.3 Å². The van der Waals surface area contributed by atoms with E-state index in [4.69, 9.17) is 16.1 Å². The molecule has 1 heterocycles. The predicted molar refractivity (Wildman–Crippen MR) is 52.3 cm³/mol. The second kappa shape index (κ2) is 5.25. The minimum Gasteiger partial charge on any atom is -0.396 e. The first-order chi connectivity index (χ1) is 6.79. The van der Waals surface area contributed by atoms with Gasteiger partial charge in [-0.2, -0.15) is 5.26 Å². The summed E-state index contributed by atoms with van der Waals surface area (Å²) in [5.41, 5.74) is 5.94. The van der Waals surface area contributed by atoms with Gasteiger partial charge in [-0.1, -0.05) is 0 Å². The zero-order valence-corrected chi connectivity index (χ0v) is 7.98. The number of imidazole rings is 1. The molecule has 5 heteroatoms. The highest BCUT2D eigenvalue weighted by Crippen LogP contribution is 2.09. The third kappa shape index (κ3) is 2.47. The van der Waals surface area contributed by atoms with E-state index in [2.05, 4.69) is 4.98 Å². The predicted octanol–water partition coefficient (Wildman–Crippen LogP) is 0.500. The number of aromatic nitrogens is 2. The summed E-state index contributed by atoms with van der Waals surface area (Å²) in [6.45, 7) is 0.976. The van der Waals surface area contributed by atoms with Crippen LogP contribution in [0.1, 0.15) is 25.0 Å². The Morgan fingerprint density at radius 3 is 2.86 bits per heavy atom. The fraction of sp³-hybridized carbons (Fsp3) is 0.556. The van der Waals surface area contributed by atoms with Crippen LogP contribution in [0.3, 0.4) is 0 Å². The van der Waals surface area contributed by atoms with Crippen molar-refractivity contribution in [2.75, 3.05) is 12.3 Å². The SMILES string of the molecule is N#Cc1ncn(CCCCCO)c1N. The van der Waals surface area contributed by atoms with E-state index in [1.54, 1.807) is 10.9 Å². The lowest BCUT2D eigenvalue weighted by atomic mass is 10.2.